The van der Waals surface area contributed by atoms with Crippen molar-refractivity contribution in [2.45, 2.75) is 26.2 Å². The largest absolute Gasteiger partial charge is 0.310 e. The van der Waals surface area contributed by atoms with Crippen LogP contribution in [0, 0.1) is 6.92 Å². The Morgan fingerprint density at radius 2 is 0.867 bits per heavy atom. The number of aryl methyl sites for hydroxylation is 1. The summed E-state index contributed by atoms with van der Waals surface area (Å²) in [5.74, 6) is 0. The Morgan fingerprint density at radius 1 is 0.350 bits per heavy atom. The predicted molar refractivity (Wildman–Crippen MR) is 257 cm³/mol. The number of anilines is 3. The third-order valence-corrected chi connectivity index (χ3v) is 18.1. The molecule has 9 aromatic rings. The summed E-state index contributed by atoms with van der Waals surface area (Å²) in [6, 6.07) is 82.1. The van der Waals surface area contributed by atoms with Crippen LogP contribution in [0.15, 0.2) is 218 Å². The molecule has 0 N–H and O–H groups in total. The van der Waals surface area contributed by atoms with E-state index >= 15 is 0 Å². The van der Waals surface area contributed by atoms with Crippen molar-refractivity contribution in [1.29, 1.82) is 0 Å². The van der Waals surface area contributed by atoms with Crippen molar-refractivity contribution in [3.63, 3.8) is 0 Å². The smallest absolute Gasteiger partial charge is 0.180 e. The SMILES string of the molecule is Cc1cc(N(c2cc(-c3ccccc3)cc([Si]3(c4ccccc4)c4ccccc4-c4ccccc43)c2)c2ccc3c(c2)C(C)(C)c2ccccc2-3)ccc1-c1ccccc1. The fourth-order valence-corrected chi connectivity index (χ4v) is 15.7. The van der Waals surface area contributed by atoms with Crippen molar-refractivity contribution in [1.82, 2.24) is 0 Å². The van der Waals surface area contributed by atoms with Gasteiger partial charge in [0.25, 0.3) is 0 Å². The van der Waals surface area contributed by atoms with Crippen LogP contribution in [0.4, 0.5) is 17.1 Å². The van der Waals surface area contributed by atoms with Gasteiger partial charge in [-0.3, -0.25) is 0 Å². The molecule has 0 atom stereocenters. The molecule has 0 radical (unpaired) electrons. The summed E-state index contributed by atoms with van der Waals surface area (Å²) in [5.41, 5.74) is 17.5. The van der Waals surface area contributed by atoms with Gasteiger partial charge in [-0.1, -0.05) is 196 Å². The third kappa shape index (κ3) is 5.52. The summed E-state index contributed by atoms with van der Waals surface area (Å²) < 4.78 is 0. The summed E-state index contributed by atoms with van der Waals surface area (Å²) in [7, 11) is -2.84. The van der Waals surface area contributed by atoms with Gasteiger partial charge in [-0.25, -0.2) is 0 Å². The fourth-order valence-electron chi connectivity index (χ4n) is 10.5. The van der Waals surface area contributed by atoms with Gasteiger partial charge < -0.3 is 4.90 Å². The Morgan fingerprint density at radius 3 is 1.52 bits per heavy atom. The van der Waals surface area contributed by atoms with E-state index in [1.165, 1.54) is 81.9 Å². The van der Waals surface area contributed by atoms with Crippen LogP contribution in [0.2, 0.25) is 0 Å². The highest BCUT2D eigenvalue weighted by Crippen LogP contribution is 2.51. The van der Waals surface area contributed by atoms with Crippen molar-refractivity contribution in [3.8, 4) is 44.5 Å². The van der Waals surface area contributed by atoms with Gasteiger partial charge in [-0.2, -0.15) is 0 Å². The molecule has 2 aliphatic rings. The number of hydrogen-bond acceptors (Lipinski definition) is 1. The van der Waals surface area contributed by atoms with Gasteiger partial charge in [-0.05, 0) is 125 Å². The van der Waals surface area contributed by atoms with Gasteiger partial charge in [0.2, 0.25) is 0 Å². The van der Waals surface area contributed by atoms with Gasteiger partial charge in [0, 0.05) is 22.5 Å². The zero-order valence-corrected chi connectivity index (χ0v) is 35.2. The first-order valence-corrected chi connectivity index (χ1v) is 23.1. The number of fused-ring (bicyclic) bond motifs is 6. The number of hydrogen-bond donors (Lipinski definition) is 0. The maximum Gasteiger partial charge on any atom is 0.180 e. The Balaban J connectivity index is 1.21. The van der Waals surface area contributed by atoms with Crippen molar-refractivity contribution in [2.75, 3.05) is 4.90 Å². The van der Waals surface area contributed by atoms with Gasteiger partial charge in [0.1, 0.15) is 0 Å². The van der Waals surface area contributed by atoms with Crippen LogP contribution in [0.3, 0.4) is 0 Å². The van der Waals surface area contributed by atoms with Gasteiger partial charge in [0.15, 0.2) is 8.07 Å². The lowest BCUT2D eigenvalue weighted by molar-refractivity contribution is 0.660. The molecule has 1 nitrogen and oxygen atoms in total. The van der Waals surface area contributed by atoms with Crippen LogP contribution in [0.25, 0.3) is 44.5 Å². The van der Waals surface area contributed by atoms with Crippen LogP contribution < -0.4 is 25.6 Å². The number of nitrogens with zero attached hydrogens (tertiary/aromatic N) is 1. The molecule has 0 saturated carbocycles. The minimum absolute atomic E-state index is 0.140. The van der Waals surface area contributed by atoms with Gasteiger partial charge in [-0.15, -0.1) is 0 Å². The van der Waals surface area contributed by atoms with Crippen molar-refractivity contribution >= 4 is 45.9 Å². The molecular formula is C58H45NSi. The zero-order chi connectivity index (χ0) is 40.4. The first kappa shape index (κ1) is 36.1. The monoisotopic (exact) mass is 783 g/mol. The molecule has 9 aromatic carbocycles. The van der Waals surface area contributed by atoms with E-state index in [4.69, 9.17) is 0 Å². The molecule has 60 heavy (non-hydrogen) atoms. The third-order valence-electron chi connectivity index (χ3n) is 13.3. The van der Waals surface area contributed by atoms with E-state index in [1.807, 2.05) is 0 Å². The Bertz CT molecular complexity index is 3030. The van der Waals surface area contributed by atoms with Gasteiger partial charge in [0.05, 0.1) is 0 Å². The molecular weight excluding hydrogens is 739 g/mol. The fraction of sp³-hybridized carbons (Fsp3) is 0.0690. The molecule has 0 aromatic heterocycles. The molecule has 0 fully saturated rings. The molecule has 0 bridgehead atoms. The van der Waals surface area contributed by atoms with Crippen molar-refractivity contribution < 1.29 is 0 Å². The second-order valence-electron chi connectivity index (χ2n) is 16.9. The topological polar surface area (TPSA) is 3.24 Å². The lowest BCUT2D eigenvalue weighted by Crippen LogP contribution is -2.72. The summed E-state index contributed by atoms with van der Waals surface area (Å²) in [4.78, 5) is 2.52. The van der Waals surface area contributed by atoms with E-state index in [0.29, 0.717) is 0 Å². The van der Waals surface area contributed by atoms with Crippen LogP contribution >= 0.6 is 0 Å². The maximum absolute atomic E-state index is 2.84. The molecule has 286 valence electrons. The molecule has 0 unspecified atom stereocenters. The normalized spacial score (nSPS) is 13.8. The molecule has 1 aliphatic heterocycles. The summed E-state index contributed by atoms with van der Waals surface area (Å²) in [5, 5.41) is 5.66. The van der Waals surface area contributed by atoms with E-state index in [0.717, 1.165) is 17.1 Å². The molecule has 1 aliphatic carbocycles. The average Bonchev–Trinajstić information content (AvgIpc) is 3.73. The minimum atomic E-state index is -2.84. The Kier molecular flexibility index (Phi) is 8.47. The molecule has 0 saturated heterocycles. The van der Waals surface area contributed by atoms with Crippen LogP contribution in [-0.4, -0.2) is 8.07 Å². The second kappa shape index (κ2) is 14.1. The highest BCUT2D eigenvalue weighted by Gasteiger charge is 2.49. The quantitative estimate of drug-likeness (QED) is 0.146. The van der Waals surface area contributed by atoms with Crippen LogP contribution in [0.5, 0.6) is 0 Å². The van der Waals surface area contributed by atoms with E-state index in [9.17, 15) is 0 Å². The summed E-state index contributed by atoms with van der Waals surface area (Å²) >= 11 is 0. The van der Waals surface area contributed by atoms with Crippen molar-refractivity contribution in [3.05, 3.63) is 235 Å². The standard InChI is InChI=1S/C58H45NSi/c1-40-35-44(31-33-49(40)42-21-9-5-10-22-42)59(45-32-34-51-50-25-13-16-28-54(50)58(2,3)55(51)39-45)46-36-43(41-19-7-4-8-20-41)37-48(38-46)60(47-23-11-6-12-24-47)56-29-17-14-26-52(56)53-27-15-18-30-57(53)60/h4-39H,1-3H3. The highest BCUT2D eigenvalue weighted by molar-refractivity contribution is 7.22. The van der Waals surface area contributed by atoms with Gasteiger partial charge >= 0.3 is 0 Å². The molecule has 0 spiro atoms. The summed E-state index contributed by atoms with van der Waals surface area (Å²) in [6.45, 7) is 7.01. The first-order valence-electron chi connectivity index (χ1n) is 21.1. The minimum Gasteiger partial charge on any atom is -0.310 e. The number of rotatable bonds is 7. The van der Waals surface area contributed by atoms with Crippen LogP contribution in [-0.2, 0) is 5.41 Å². The Hall–Kier alpha value is -7.00. The van der Waals surface area contributed by atoms with E-state index in [1.54, 1.807) is 0 Å². The van der Waals surface area contributed by atoms with E-state index in [2.05, 4.69) is 244 Å². The van der Waals surface area contributed by atoms with Crippen LogP contribution in [0.1, 0.15) is 30.5 Å². The average molecular weight is 784 g/mol. The zero-order valence-electron chi connectivity index (χ0n) is 34.2. The van der Waals surface area contributed by atoms with E-state index in [-0.39, 0.29) is 5.41 Å². The second-order valence-corrected chi connectivity index (χ2v) is 20.7. The first-order chi connectivity index (χ1) is 29.4. The summed E-state index contributed by atoms with van der Waals surface area (Å²) in [6.07, 6.45) is 0. The molecule has 0 amide bonds. The molecule has 11 rings (SSSR count). The predicted octanol–water partition coefficient (Wildman–Crippen LogP) is 12.5. The highest BCUT2D eigenvalue weighted by atomic mass is 28.3. The lowest BCUT2D eigenvalue weighted by Gasteiger charge is -2.34. The Labute approximate surface area is 354 Å². The molecule has 2 heteroatoms. The molecule has 1 heterocycles. The maximum atomic E-state index is 2.54. The number of benzene rings is 9. The van der Waals surface area contributed by atoms with Crippen molar-refractivity contribution in [2.24, 2.45) is 0 Å². The van der Waals surface area contributed by atoms with E-state index < -0.39 is 8.07 Å². The lowest BCUT2D eigenvalue weighted by atomic mass is 9.82.